The van der Waals surface area contributed by atoms with E-state index in [-0.39, 0.29) is 45.6 Å². The minimum atomic E-state index is -0.968. The number of amides is 3. The summed E-state index contributed by atoms with van der Waals surface area (Å²) >= 11 is 0. The average Bonchev–Trinajstić information content (AvgIpc) is 3.12. The Labute approximate surface area is 294 Å². The molecule has 4 saturated carbocycles. The Bertz CT molecular complexity index is 1810. The Morgan fingerprint density at radius 2 is 1.35 bits per heavy atom. The Balaban J connectivity index is 1.21. The van der Waals surface area contributed by atoms with Crippen LogP contribution in [0.3, 0.4) is 0 Å². The van der Waals surface area contributed by atoms with E-state index in [1.54, 1.807) is 30.3 Å². The summed E-state index contributed by atoms with van der Waals surface area (Å²) in [6, 6.07) is 16.1. The lowest BCUT2D eigenvalue weighted by atomic mass is 9.49. The molecule has 3 N–H and O–H groups in total. The second-order valence-electron chi connectivity index (χ2n) is 14.0. The fourth-order valence-electron chi connectivity index (χ4n) is 8.64. The van der Waals surface area contributed by atoms with E-state index in [2.05, 4.69) is 16.0 Å². The van der Waals surface area contributed by atoms with Crippen LogP contribution in [0.1, 0.15) is 91.4 Å². The van der Waals surface area contributed by atoms with E-state index < -0.39 is 40.5 Å². The molecule has 1 atom stereocenters. The topological polar surface area (TPSA) is 183 Å². The number of carbonyl (C=O) groups excluding carboxylic acids is 5. The number of ether oxygens (including phenoxy) is 2. The first-order valence-electron chi connectivity index (χ1n) is 17.0. The van der Waals surface area contributed by atoms with Gasteiger partial charge in [0.1, 0.15) is 0 Å². The van der Waals surface area contributed by atoms with Crippen molar-refractivity contribution in [3.8, 4) is 0 Å². The van der Waals surface area contributed by atoms with E-state index in [0.717, 1.165) is 25.3 Å². The monoisotopic (exact) mass is 696 g/mol. The van der Waals surface area contributed by atoms with Crippen molar-refractivity contribution in [2.75, 3.05) is 32.6 Å². The van der Waals surface area contributed by atoms with E-state index in [0.29, 0.717) is 29.9 Å². The summed E-state index contributed by atoms with van der Waals surface area (Å²) in [4.78, 5) is 76.8. The third-order valence-electron chi connectivity index (χ3n) is 10.5. The molecular weight excluding hydrogens is 656 g/mol. The number of esters is 2. The Morgan fingerprint density at radius 1 is 0.784 bits per heavy atom. The van der Waals surface area contributed by atoms with Crippen molar-refractivity contribution in [2.45, 2.75) is 44.4 Å². The zero-order chi connectivity index (χ0) is 36.3. The third kappa shape index (κ3) is 7.77. The van der Waals surface area contributed by atoms with Gasteiger partial charge in [0.2, 0.25) is 5.91 Å². The minimum Gasteiger partial charge on any atom is -0.465 e. The fourth-order valence-corrected chi connectivity index (χ4v) is 8.64. The number of hydrogen-bond acceptors (Lipinski definition) is 9. The molecule has 0 radical (unpaired) electrons. The molecule has 0 aliphatic heterocycles. The molecule has 0 aromatic heterocycles. The van der Waals surface area contributed by atoms with Gasteiger partial charge in [-0.3, -0.25) is 24.5 Å². The van der Waals surface area contributed by atoms with Crippen LogP contribution in [0.5, 0.6) is 0 Å². The summed E-state index contributed by atoms with van der Waals surface area (Å²) in [5.41, 5.74) is 0.172. The summed E-state index contributed by atoms with van der Waals surface area (Å²) in [6.45, 7) is 0.227. The van der Waals surface area contributed by atoms with E-state index in [1.165, 1.54) is 63.8 Å². The van der Waals surface area contributed by atoms with Crippen molar-refractivity contribution in [1.82, 2.24) is 10.6 Å². The molecule has 7 rings (SSSR count). The van der Waals surface area contributed by atoms with Gasteiger partial charge in [0.15, 0.2) is 0 Å². The largest absolute Gasteiger partial charge is 0.465 e. The van der Waals surface area contributed by atoms with E-state index >= 15 is 0 Å². The maximum absolute atomic E-state index is 13.8. The van der Waals surface area contributed by atoms with Gasteiger partial charge in [-0.2, -0.15) is 0 Å². The molecule has 13 heteroatoms. The number of nitro groups is 1. The van der Waals surface area contributed by atoms with Crippen molar-refractivity contribution < 1.29 is 38.4 Å². The molecule has 4 aliphatic carbocycles. The molecule has 4 fully saturated rings. The summed E-state index contributed by atoms with van der Waals surface area (Å²) in [5, 5.41) is 20.1. The van der Waals surface area contributed by atoms with Gasteiger partial charge in [0.25, 0.3) is 17.5 Å². The van der Waals surface area contributed by atoms with Crippen molar-refractivity contribution in [2.24, 2.45) is 23.2 Å². The first-order chi connectivity index (χ1) is 24.5. The van der Waals surface area contributed by atoms with E-state index in [1.807, 2.05) is 0 Å². The van der Waals surface area contributed by atoms with E-state index in [9.17, 15) is 34.1 Å². The summed E-state index contributed by atoms with van der Waals surface area (Å²) in [5.74, 6) is -2.24. The van der Waals surface area contributed by atoms with Crippen molar-refractivity contribution in [3.63, 3.8) is 0 Å². The quantitative estimate of drug-likeness (QED) is 0.129. The minimum absolute atomic E-state index is 0.00688. The number of nitrogens with one attached hydrogen (secondary N) is 3. The first kappa shape index (κ1) is 35.2. The standard InChI is InChI=1S/C38H40N4O9/c1-50-36(46)26-13-27(37(47)51-2)15-28(14-26)41-35(45)32(25-6-4-3-5-7-25)20-39-33(43)30-9-8-29(42(48)49)16-31(30)34(44)40-21-38-17-22-10-23(18-38)12-24(11-22)19-38/h3-9,13-16,22-24,32H,10-12,17-21H2,1-2H3,(H,39,43)(H,40,44)(H,41,45). The second-order valence-corrected chi connectivity index (χ2v) is 14.0. The highest BCUT2D eigenvalue weighted by Gasteiger charge is 2.50. The molecule has 3 amide bonds. The SMILES string of the molecule is COC(=O)c1cc(NC(=O)C(CNC(=O)c2ccc([N+](=O)[O-])cc2C(=O)NCC23CC4CC(CC(C4)C2)C3)c2ccccc2)cc(C(=O)OC)c1. The normalized spacial score (nSPS) is 22.0. The predicted octanol–water partition coefficient (Wildman–Crippen LogP) is 5.27. The van der Waals surface area contributed by atoms with Gasteiger partial charge in [0, 0.05) is 30.9 Å². The number of carbonyl (C=O) groups is 5. The summed E-state index contributed by atoms with van der Waals surface area (Å²) < 4.78 is 9.58. The molecule has 0 spiro atoms. The van der Waals surface area contributed by atoms with Gasteiger partial charge in [-0.25, -0.2) is 9.59 Å². The smallest absolute Gasteiger partial charge is 0.337 e. The van der Waals surface area contributed by atoms with Crippen LogP contribution >= 0.6 is 0 Å². The van der Waals surface area contributed by atoms with Crippen molar-refractivity contribution >= 4 is 41.0 Å². The Morgan fingerprint density at radius 3 is 1.90 bits per heavy atom. The van der Waals surface area contributed by atoms with Gasteiger partial charge in [-0.05, 0) is 91.5 Å². The van der Waals surface area contributed by atoms with E-state index in [4.69, 9.17) is 9.47 Å². The van der Waals surface area contributed by atoms with Gasteiger partial charge in [-0.15, -0.1) is 0 Å². The van der Waals surface area contributed by atoms with Crippen LogP contribution < -0.4 is 16.0 Å². The highest BCUT2D eigenvalue weighted by Crippen LogP contribution is 2.59. The molecule has 1 unspecified atom stereocenters. The van der Waals surface area contributed by atoms with Gasteiger partial charge in [0.05, 0.1) is 47.3 Å². The van der Waals surface area contributed by atoms with Crippen molar-refractivity contribution in [3.05, 3.63) is 105 Å². The van der Waals surface area contributed by atoms with Crippen LogP contribution in [0.4, 0.5) is 11.4 Å². The van der Waals surface area contributed by atoms with Crippen LogP contribution in [0.25, 0.3) is 0 Å². The first-order valence-corrected chi connectivity index (χ1v) is 17.0. The van der Waals surface area contributed by atoms with Crippen LogP contribution in [0, 0.1) is 33.3 Å². The molecule has 4 aliphatic rings. The number of hydrogen-bond donors (Lipinski definition) is 3. The molecular formula is C38H40N4O9. The number of nitrogens with zero attached hydrogens (tertiary/aromatic N) is 1. The van der Waals surface area contributed by atoms with Crippen LogP contribution in [0.2, 0.25) is 0 Å². The molecule has 0 saturated heterocycles. The Hall–Kier alpha value is -5.59. The highest BCUT2D eigenvalue weighted by molar-refractivity contribution is 6.08. The lowest BCUT2D eigenvalue weighted by Crippen LogP contribution is -2.51. The third-order valence-corrected chi connectivity index (χ3v) is 10.5. The number of rotatable bonds is 12. The fraction of sp³-hybridized carbons (Fsp3) is 0.395. The number of non-ortho nitro benzene ring substituents is 1. The molecule has 13 nitrogen and oxygen atoms in total. The lowest BCUT2D eigenvalue weighted by Gasteiger charge is -2.56. The highest BCUT2D eigenvalue weighted by atomic mass is 16.6. The van der Waals surface area contributed by atoms with Crippen LogP contribution in [-0.4, -0.2) is 61.9 Å². The van der Waals surface area contributed by atoms with Crippen LogP contribution in [-0.2, 0) is 14.3 Å². The maximum atomic E-state index is 13.8. The number of anilines is 1. The molecule has 3 aromatic carbocycles. The molecule has 51 heavy (non-hydrogen) atoms. The summed E-state index contributed by atoms with van der Waals surface area (Å²) in [7, 11) is 2.37. The zero-order valence-corrected chi connectivity index (χ0v) is 28.4. The molecule has 3 aromatic rings. The molecule has 266 valence electrons. The average molecular weight is 697 g/mol. The van der Waals surface area contributed by atoms with Gasteiger partial charge in [-0.1, -0.05) is 30.3 Å². The van der Waals surface area contributed by atoms with Crippen LogP contribution in [0.15, 0.2) is 66.7 Å². The number of benzene rings is 3. The number of nitro benzene ring substituents is 1. The second kappa shape index (κ2) is 14.7. The molecule has 0 heterocycles. The molecule has 4 bridgehead atoms. The predicted molar refractivity (Wildman–Crippen MR) is 185 cm³/mol. The van der Waals surface area contributed by atoms with Gasteiger partial charge >= 0.3 is 11.9 Å². The maximum Gasteiger partial charge on any atom is 0.337 e. The lowest BCUT2D eigenvalue weighted by molar-refractivity contribution is -0.384. The summed E-state index contributed by atoms with van der Waals surface area (Å²) in [6.07, 6.45) is 6.92. The van der Waals surface area contributed by atoms with Gasteiger partial charge < -0.3 is 25.4 Å². The Kier molecular flexibility index (Phi) is 10.2. The number of methoxy groups -OCH3 is 2. The van der Waals surface area contributed by atoms with Crippen molar-refractivity contribution in [1.29, 1.82) is 0 Å². The zero-order valence-electron chi connectivity index (χ0n) is 28.4.